The normalized spacial score (nSPS) is 38.8. The number of likely N-dealkylation sites (tertiary alicyclic amines) is 1. The van der Waals surface area contributed by atoms with Crippen LogP contribution < -0.4 is 5.32 Å². The zero-order valence-electron chi connectivity index (χ0n) is 11.8. The fourth-order valence-corrected chi connectivity index (χ4v) is 3.34. The van der Waals surface area contributed by atoms with Gasteiger partial charge in [-0.1, -0.05) is 6.92 Å². The molecule has 2 N–H and O–H groups in total. The molecule has 18 heavy (non-hydrogen) atoms. The molecule has 0 aliphatic carbocycles. The van der Waals surface area contributed by atoms with Gasteiger partial charge in [0.15, 0.2) is 0 Å². The Bertz CT molecular complexity index is 249. The van der Waals surface area contributed by atoms with Crippen molar-refractivity contribution in [3.05, 3.63) is 0 Å². The summed E-state index contributed by atoms with van der Waals surface area (Å²) in [6.45, 7) is 7.92. The first kappa shape index (κ1) is 14.3. The molecule has 2 heterocycles. The van der Waals surface area contributed by atoms with Gasteiger partial charge in [-0.2, -0.15) is 0 Å². The largest absolute Gasteiger partial charge is 0.392 e. The Hall–Kier alpha value is -0.160. The molecule has 4 nitrogen and oxygen atoms in total. The summed E-state index contributed by atoms with van der Waals surface area (Å²) in [4.78, 5) is 2.43. The minimum atomic E-state index is -0.158. The Kier molecular flexibility index (Phi) is 5.01. The smallest absolute Gasteiger partial charge is 0.0693 e. The van der Waals surface area contributed by atoms with Crippen molar-refractivity contribution in [2.24, 2.45) is 11.3 Å². The summed E-state index contributed by atoms with van der Waals surface area (Å²) in [6.07, 6.45) is 3.34. The molecule has 4 heteroatoms. The highest BCUT2D eigenvalue weighted by Crippen LogP contribution is 2.30. The monoisotopic (exact) mass is 256 g/mol. The van der Waals surface area contributed by atoms with Crippen LogP contribution in [0.15, 0.2) is 0 Å². The van der Waals surface area contributed by atoms with Crippen molar-refractivity contribution >= 4 is 0 Å². The van der Waals surface area contributed by atoms with E-state index in [1.807, 2.05) is 7.05 Å². The van der Waals surface area contributed by atoms with Crippen LogP contribution in [-0.2, 0) is 4.74 Å². The second kappa shape index (κ2) is 6.33. The van der Waals surface area contributed by atoms with E-state index < -0.39 is 0 Å². The summed E-state index contributed by atoms with van der Waals surface area (Å²) in [5.74, 6) is 0.448. The molecule has 2 fully saturated rings. The topological polar surface area (TPSA) is 44.7 Å². The molecule has 3 unspecified atom stereocenters. The quantitative estimate of drug-likeness (QED) is 0.777. The molecule has 0 spiro atoms. The van der Waals surface area contributed by atoms with Gasteiger partial charge in [-0.25, -0.2) is 0 Å². The number of nitrogens with one attached hydrogen (secondary N) is 1. The Morgan fingerprint density at radius 1 is 1.50 bits per heavy atom. The van der Waals surface area contributed by atoms with Crippen LogP contribution in [0.3, 0.4) is 0 Å². The van der Waals surface area contributed by atoms with Crippen molar-refractivity contribution in [1.82, 2.24) is 10.2 Å². The number of aliphatic hydroxyl groups is 1. The van der Waals surface area contributed by atoms with E-state index in [1.165, 1.54) is 6.42 Å². The van der Waals surface area contributed by atoms with Crippen LogP contribution in [0, 0.1) is 11.3 Å². The predicted molar refractivity (Wildman–Crippen MR) is 72.6 cm³/mol. The summed E-state index contributed by atoms with van der Waals surface area (Å²) in [5, 5.41) is 13.3. The summed E-state index contributed by atoms with van der Waals surface area (Å²) >= 11 is 0. The number of piperidine rings is 1. The highest BCUT2D eigenvalue weighted by atomic mass is 16.5. The van der Waals surface area contributed by atoms with Gasteiger partial charge >= 0.3 is 0 Å². The average molecular weight is 256 g/mol. The molecule has 0 radical (unpaired) electrons. The molecule has 0 amide bonds. The van der Waals surface area contributed by atoms with Crippen LogP contribution in [-0.4, -0.2) is 62.6 Å². The summed E-state index contributed by atoms with van der Waals surface area (Å²) in [5.41, 5.74) is 0.243. The lowest BCUT2D eigenvalue weighted by Gasteiger charge is -2.43. The van der Waals surface area contributed by atoms with E-state index in [0.717, 1.165) is 52.2 Å². The van der Waals surface area contributed by atoms with Crippen LogP contribution in [0.25, 0.3) is 0 Å². The molecule has 0 aromatic heterocycles. The lowest BCUT2D eigenvalue weighted by Crippen LogP contribution is -2.52. The number of hydrogen-bond acceptors (Lipinski definition) is 4. The molecule has 0 aromatic carbocycles. The standard InChI is InChI=1S/C14H28N2O2/c1-12-4-6-16(8-13(12)17)10-14(9-15-2)5-3-7-18-11-14/h12-13,15,17H,3-11H2,1-2H3. The summed E-state index contributed by atoms with van der Waals surface area (Å²) in [7, 11) is 2.02. The van der Waals surface area contributed by atoms with Crippen LogP contribution in [0.5, 0.6) is 0 Å². The van der Waals surface area contributed by atoms with Gasteiger partial charge in [0, 0.05) is 31.7 Å². The van der Waals surface area contributed by atoms with Crippen molar-refractivity contribution in [2.45, 2.75) is 32.3 Å². The van der Waals surface area contributed by atoms with Crippen LogP contribution in [0.2, 0.25) is 0 Å². The fraction of sp³-hybridized carbons (Fsp3) is 1.00. The first-order chi connectivity index (χ1) is 8.65. The number of aliphatic hydroxyl groups excluding tert-OH is 1. The SMILES string of the molecule is CNCC1(CN2CCC(C)C(O)C2)CCCOC1. The molecule has 0 saturated carbocycles. The molecular weight excluding hydrogens is 228 g/mol. The third-order valence-electron chi connectivity index (χ3n) is 4.52. The van der Waals surface area contributed by atoms with Gasteiger partial charge in [-0.3, -0.25) is 0 Å². The zero-order valence-corrected chi connectivity index (χ0v) is 11.8. The fourth-order valence-electron chi connectivity index (χ4n) is 3.34. The molecular formula is C14H28N2O2. The summed E-state index contributed by atoms with van der Waals surface area (Å²) < 4.78 is 5.70. The Balaban J connectivity index is 1.92. The second-order valence-electron chi connectivity index (χ2n) is 6.25. The number of nitrogens with zero attached hydrogens (tertiary/aromatic N) is 1. The van der Waals surface area contributed by atoms with Crippen LogP contribution in [0.1, 0.15) is 26.2 Å². The van der Waals surface area contributed by atoms with E-state index in [4.69, 9.17) is 4.74 Å². The molecule has 2 aliphatic heterocycles. The average Bonchev–Trinajstić information content (AvgIpc) is 2.35. The van der Waals surface area contributed by atoms with E-state index in [2.05, 4.69) is 17.1 Å². The Morgan fingerprint density at radius 3 is 2.94 bits per heavy atom. The van der Waals surface area contributed by atoms with Gasteiger partial charge in [0.2, 0.25) is 0 Å². The first-order valence-electron chi connectivity index (χ1n) is 7.28. The van der Waals surface area contributed by atoms with Gasteiger partial charge < -0.3 is 20.1 Å². The minimum absolute atomic E-state index is 0.158. The van der Waals surface area contributed by atoms with Gasteiger partial charge in [-0.05, 0) is 38.8 Å². The Labute approximate surface area is 111 Å². The van der Waals surface area contributed by atoms with E-state index in [9.17, 15) is 5.11 Å². The van der Waals surface area contributed by atoms with E-state index in [0.29, 0.717) is 5.92 Å². The highest BCUT2D eigenvalue weighted by Gasteiger charge is 2.36. The molecule has 3 atom stereocenters. The van der Waals surface area contributed by atoms with Crippen molar-refractivity contribution < 1.29 is 9.84 Å². The van der Waals surface area contributed by atoms with E-state index >= 15 is 0 Å². The molecule has 0 aromatic rings. The molecule has 0 bridgehead atoms. The number of hydrogen-bond donors (Lipinski definition) is 2. The van der Waals surface area contributed by atoms with E-state index in [1.54, 1.807) is 0 Å². The first-order valence-corrected chi connectivity index (χ1v) is 7.28. The maximum absolute atomic E-state index is 10.0. The van der Waals surface area contributed by atoms with Crippen LogP contribution in [0.4, 0.5) is 0 Å². The van der Waals surface area contributed by atoms with Crippen molar-refractivity contribution in [2.75, 3.05) is 46.4 Å². The Morgan fingerprint density at radius 2 is 2.33 bits per heavy atom. The predicted octanol–water partition coefficient (Wildman–Crippen LogP) is 0.705. The van der Waals surface area contributed by atoms with Gasteiger partial charge in [-0.15, -0.1) is 0 Å². The lowest BCUT2D eigenvalue weighted by molar-refractivity contribution is -0.0459. The third-order valence-corrected chi connectivity index (χ3v) is 4.52. The molecule has 2 saturated heterocycles. The van der Waals surface area contributed by atoms with Crippen molar-refractivity contribution in [3.63, 3.8) is 0 Å². The summed E-state index contributed by atoms with van der Waals surface area (Å²) in [6, 6.07) is 0. The zero-order chi connectivity index (χ0) is 13.0. The number of β-amino-alcohol motifs (C(OH)–C–C–N with tert-alkyl or cyclic N) is 1. The van der Waals surface area contributed by atoms with Crippen molar-refractivity contribution in [3.8, 4) is 0 Å². The lowest BCUT2D eigenvalue weighted by atomic mass is 9.81. The van der Waals surface area contributed by atoms with Gasteiger partial charge in [0.1, 0.15) is 0 Å². The maximum Gasteiger partial charge on any atom is 0.0693 e. The minimum Gasteiger partial charge on any atom is -0.392 e. The maximum atomic E-state index is 10.0. The van der Waals surface area contributed by atoms with Gasteiger partial charge in [0.05, 0.1) is 12.7 Å². The second-order valence-corrected chi connectivity index (χ2v) is 6.25. The number of rotatable bonds is 4. The van der Waals surface area contributed by atoms with E-state index in [-0.39, 0.29) is 11.5 Å². The molecule has 106 valence electrons. The molecule has 2 aliphatic rings. The highest BCUT2D eigenvalue weighted by molar-refractivity contribution is 4.89. The van der Waals surface area contributed by atoms with Crippen LogP contribution >= 0.6 is 0 Å². The van der Waals surface area contributed by atoms with Gasteiger partial charge in [0.25, 0.3) is 0 Å². The number of ether oxygens (including phenoxy) is 1. The molecule has 2 rings (SSSR count). The third kappa shape index (κ3) is 3.44. The van der Waals surface area contributed by atoms with Crippen molar-refractivity contribution in [1.29, 1.82) is 0 Å².